The van der Waals surface area contributed by atoms with Crippen LogP contribution in [0.4, 0.5) is 0 Å². The normalized spacial score (nSPS) is 16.7. The van der Waals surface area contributed by atoms with E-state index in [4.69, 9.17) is 9.47 Å². The minimum Gasteiger partial charge on any atom is -0.477 e. The van der Waals surface area contributed by atoms with Crippen molar-refractivity contribution in [1.29, 1.82) is 0 Å². The van der Waals surface area contributed by atoms with Crippen LogP contribution in [0.3, 0.4) is 0 Å². The molecule has 0 aromatic carbocycles. The minimum atomic E-state index is -0.463. The van der Waals surface area contributed by atoms with E-state index in [2.05, 4.69) is 10.2 Å². The van der Waals surface area contributed by atoms with Gasteiger partial charge >= 0.3 is 5.97 Å². The standard InChI is InChI=1S/C15H20N4O4/c1-3-18-7-11(5-16-18)13-12(15(21)22-4-2)14-19(17-13)6-10(8-20)9-23-14/h5,7,10,20H,3-4,6,8-9H2,1-2H3. The molecule has 1 aliphatic rings. The lowest BCUT2D eigenvalue weighted by molar-refractivity contribution is 0.0513. The molecule has 3 rings (SSSR count). The van der Waals surface area contributed by atoms with Crippen molar-refractivity contribution in [1.82, 2.24) is 19.6 Å². The van der Waals surface area contributed by atoms with Gasteiger partial charge in [0.1, 0.15) is 11.3 Å². The highest BCUT2D eigenvalue weighted by Gasteiger charge is 2.32. The quantitative estimate of drug-likeness (QED) is 0.825. The summed E-state index contributed by atoms with van der Waals surface area (Å²) in [6, 6.07) is 0. The molecule has 1 unspecified atom stereocenters. The summed E-state index contributed by atoms with van der Waals surface area (Å²) in [7, 11) is 0. The molecule has 1 aliphatic heterocycles. The number of ether oxygens (including phenoxy) is 2. The van der Waals surface area contributed by atoms with E-state index in [0.29, 0.717) is 30.3 Å². The summed E-state index contributed by atoms with van der Waals surface area (Å²) in [5.41, 5.74) is 1.55. The second-order valence-electron chi connectivity index (χ2n) is 5.38. The van der Waals surface area contributed by atoms with Gasteiger partial charge in [-0.3, -0.25) is 4.68 Å². The van der Waals surface area contributed by atoms with Crippen LogP contribution in [-0.2, 0) is 17.8 Å². The number of rotatable bonds is 5. The summed E-state index contributed by atoms with van der Waals surface area (Å²) in [6.45, 7) is 5.60. The molecule has 23 heavy (non-hydrogen) atoms. The number of aromatic nitrogens is 4. The van der Waals surface area contributed by atoms with Crippen LogP contribution in [0.5, 0.6) is 5.88 Å². The number of esters is 1. The molecule has 0 radical (unpaired) electrons. The fourth-order valence-corrected chi connectivity index (χ4v) is 2.57. The first-order chi connectivity index (χ1) is 11.2. The lowest BCUT2D eigenvalue weighted by atomic mass is 10.1. The van der Waals surface area contributed by atoms with Crippen LogP contribution in [0.1, 0.15) is 24.2 Å². The van der Waals surface area contributed by atoms with Crippen molar-refractivity contribution < 1.29 is 19.4 Å². The van der Waals surface area contributed by atoms with Gasteiger partial charge in [0.15, 0.2) is 0 Å². The number of hydrogen-bond donors (Lipinski definition) is 1. The Kier molecular flexibility index (Phi) is 4.33. The predicted octanol–water partition coefficient (Wildman–Crippen LogP) is 0.944. The average molecular weight is 320 g/mol. The predicted molar refractivity (Wildman–Crippen MR) is 81.1 cm³/mol. The van der Waals surface area contributed by atoms with Crippen LogP contribution in [0.25, 0.3) is 11.3 Å². The fraction of sp³-hybridized carbons (Fsp3) is 0.533. The molecule has 8 heteroatoms. The van der Waals surface area contributed by atoms with E-state index >= 15 is 0 Å². The van der Waals surface area contributed by atoms with Crippen molar-refractivity contribution in [3.8, 4) is 17.1 Å². The number of aryl methyl sites for hydroxylation is 1. The third kappa shape index (κ3) is 2.81. The Morgan fingerprint density at radius 2 is 2.35 bits per heavy atom. The summed E-state index contributed by atoms with van der Waals surface area (Å²) in [5.74, 6) is -0.105. The van der Waals surface area contributed by atoms with Gasteiger partial charge in [0.2, 0.25) is 5.88 Å². The topological polar surface area (TPSA) is 91.4 Å². The summed E-state index contributed by atoms with van der Waals surface area (Å²) >= 11 is 0. The summed E-state index contributed by atoms with van der Waals surface area (Å²) in [6.07, 6.45) is 3.50. The number of aliphatic hydroxyl groups is 1. The van der Waals surface area contributed by atoms with Gasteiger partial charge in [-0.25, -0.2) is 9.48 Å². The molecule has 2 aromatic rings. The molecule has 1 atom stereocenters. The molecule has 0 amide bonds. The van der Waals surface area contributed by atoms with Crippen LogP contribution in [0.15, 0.2) is 12.4 Å². The maximum absolute atomic E-state index is 12.4. The van der Waals surface area contributed by atoms with Crippen molar-refractivity contribution in [2.24, 2.45) is 5.92 Å². The summed E-state index contributed by atoms with van der Waals surface area (Å²) < 4.78 is 14.2. The molecule has 0 saturated carbocycles. The van der Waals surface area contributed by atoms with Crippen LogP contribution in [0, 0.1) is 5.92 Å². The first kappa shape index (κ1) is 15.5. The molecule has 0 bridgehead atoms. The number of nitrogens with zero attached hydrogens (tertiary/aromatic N) is 4. The van der Waals surface area contributed by atoms with Crippen LogP contribution >= 0.6 is 0 Å². The van der Waals surface area contributed by atoms with Gasteiger partial charge in [-0.2, -0.15) is 10.2 Å². The van der Waals surface area contributed by atoms with Crippen molar-refractivity contribution in [2.45, 2.75) is 26.9 Å². The molecule has 3 heterocycles. The molecule has 1 N–H and O–H groups in total. The molecular weight excluding hydrogens is 300 g/mol. The Labute approximate surface area is 133 Å². The van der Waals surface area contributed by atoms with Gasteiger partial charge in [-0.15, -0.1) is 0 Å². The highest BCUT2D eigenvalue weighted by Crippen LogP contribution is 2.34. The minimum absolute atomic E-state index is 0.0111. The van der Waals surface area contributed by atoms with Crippen LogP contribution in [0.2, 0.25) is 0 Å². The Hall–Kier alpha value is -2.35. The summed E-state index contributed by atoms with van der Waals surface area (Å²) in [4.78, 5) is 12.4. The monoisotopic (exact) mass is 320 g/mol. The maximum Gasteiger partial charge on any atom is 0.345 e. The van der Waals surface area contributed by atoms with E-state index in [1.807, 2.05) is 13.1 Å². The zero-order valence-electron chi connectivity index (χ0n) is 13.2. The third-order valence-electron chi connectivity index (χ3n) is 3.76. The largest absolute Gasteiger partial charge is 0.477 e. The smallest absolute Gasteiger partial charge is 0.345 e. The Balaban J connectivity index is 2.07. The van der Waals surface area contributed by atoms with Crippen molar-refractivity contribution in [3.05, 3.63) is 18.0 Å². The van der Waals surface area contributed by atoms with Crippen molar-refractivity contribution in [2.75, 3.05) is 19.8 Å². The van der Waals surface area contributed by atoms with Gasteiger partial charge in [0.05, 0.1) is 32.6 Å². The van der Waals surface area contributed by atoms with E-state index in [0.717, 1.165) is 12.1 Å². The number of aliphatic hydroxyl groups excluding tert-OH is 1. The van der Waals surface area contributed by atoms with Crippen LogP contribution in [-0.4, -0.2) is 50.5 Å². The van der Waals surface area contributed by atoms with E-state index in [-0.39, 0.29) is 19.1 Å². The van der Waals surface area contributed by atoms with Gasteiger partial charge in [-0.05, 0) is 13.8 Å². The lowest BCUT2D eigenvalue weighted by Gasteiger charge is -2.22. The zero-order chi connectivity index (χ0) is 16.4. The number of carbonyl (C=O) groups excluding carboxylic acids is 1. The van der Waals surface area contributed by atoms with Gasteiger partial charge in [0, 0.05) is 24.2 Å². The summed E-state index contributed by atoms with van der Waals surface area (Å²) in [5, 5.41) is 18.0. The molecule has 0 saturated heterocycles. The average Bonchev–Trinajstić information content (AvgIpc) is 3.18. The van der Waals surface area contributed by atoms with Gasteiger partial charge < -0.3 is 14.6 Å². The van der Waals surface area contributed by atoms with Crippen LogP contribution < -0.4 is 4.74 Å². The van der Waals surface area contributed by atoms with E-state index in [9.17, 15) is 9.90 Å². The SMILES string of the molecule is CCOC(=O)c1c(-c2cnn(CC)c2)nn2c1OCC(CO)C2. The lowest BCUT2D eigenvalue weighted by Crippen LogP contribution is -2.28. The molecule has 0 spiro atoms. The fourth-order valence-electron chi connectivity index (χ4n) is 2.57. The zero-order valence-corrected chi connectivity index (χ0v) is 13.2. The Bertz CT molecular complexity index is 706. The highest BCUT2D eigenvalue weighted by molar-refractivity contribution is 5.98. The van der Waals surface area contributed by atoms with Gasteiger partial charge in [0.25, 0.3) is 0 Å². The Morgan fingerprint density at radius 3 is 3.00 bits per heavy atom. The molecule has 2 aromatic heterocycles. The molecule has 0 fully saturated rings. The van der Waals surface area contributed by atoms with E-state index in [1.54, 1.807) is 22.5 Å². The van der Waals surface area contributed by atoms with Crippen molar-refractivity contribution in [3.63, 3.8) is 0 Å². The first-order valence-corrected chi connectivity index (χ1v) is 7.72. The number of hydrogen-bond acceptors (Lipinski definition) is 6. The van der Waals surface area contributed by atoms with Crippen molar-refractivity contribution >= 4 is 5.97 Å². The maximum atomic E-state index is 12.4. The third-order valence-corrected chi connectivity index (χ3v) is 3.76. The molecule has 0 aliphatic carbocycles. The first-order valence-electron chi connectivity index (χ1n) is 7.72. The Morgan fingerprint density at radius 1 is 1.52 bits per heavy atom. The molecule has 124 valence electrons. The van der Waals surface area contributed by atoms with E-state index < -0.39 is 5.97 Å². The second kappa shape index (κ2) is 6.41. The van der Waals surface area contributed by atoms with E-state index in [1.165, 1.54) is 0 Å². The molecular formula is C15H20N4O4. The second-order valence-corrected chi connectivity index (χ2v) is 5.38. The highest BCUT2D eigenvalue weighted by atomic mass is 16.5. The molecule has 8 nitrogen and oxygen atoms in total. The number of carbonyl (C=O) groups is 1. The number of fused-ring (bicyclic) bond motifs is 1. The van der Waals surface area contributed by atoms with Gasteiger partial charge in [-0.1, -0.05) is 0 Å².